The first-order valence-corrected chi connectivity index (χ1v) is 10.2. The van der Waals surface area contributed by atoms with E-state index in [1.807, 2.05) is 6.07 Å². The molecule has 0 saturated heterocycles. The molecule has 2 aromatic carbocycles. The van der Waals surface area contributed by atoms with Gasteiger partial charge >= 0.3 is 0 Å². The summed E-state index contributed by atoms with van der Waals surface area (Å²) >= 11 is 3.48. The van der Waals surface area contributed by atoms with Crippen molar-refractivity contribution in [3.63, 3.8) is 0 Å². The Morgan fingerprint density at radius 3 is 2.38 bits per heavy atom. The van der Waals surface area contributed by atoms with Crippen LogP contribution in [0.5, 0.6) is 11.5 Å². The zero-order valence-electron chi connectivity index (χ0n) is 14.9. The van der Waals surface area contributed by atoms with E-state index in [2.05, 4.69) is 47.1 Å². The predicted octanol–water partition coefficient (Wildman–Crippen LogP) is 6.53. The fraction of sp³-hybridized carbons (Fsp3) is 0.524. The average Bonchev–Trinajstić information content (AvgIpc) is 2.63. The van der Waals surface area contributed by atoms with Crippen molar-refractivity contribution in [2.24, 2.45) is 0 Å². The van der Waals surface area contributed by atoms with Gasteiger partial charge in [0, 0.05) is 10.9 Å². The van der Waals surface area contributed by atoms with Gasteiger partial charge in [-0.1, -0.05) is 60.7 Å². The van der Waals surface area contributed by atoms with Crippen LogP contribution in [0.2, 0.25) is 0 Å². The fourth-order valence-corrected chi connectivity index (χ4v) is 3.46. The number of aryl methyl sites for hydroxylation is 1. The molecule has 0 atom stereocenters. The molecule has 0 aliphatic carbocycles. The zero-order valence-corrected chi connectivity index (χ0v) is 16.5. The second-order valence-corrected chi connectivity index (χ2v) is 6.93. The Morgan fingerprint density at radius 1 is 0.917 bits per heavy atom. The lowest BCUT2D eigenvalue weighted by Crippen LogP contribution is -2.00. The second kappa shape index (κ2) is 10.6. The molecule has 0 spiro atoms. The first-order chi connectivity index (χ1) is 11.8. The number of alkyl halides is 1. The third-order valence-corrected chi connectivity index (χ3v) is 5.00. The van der Waals surface area contributed by atoms with Crippen LogP contribution in [0.3, 0.4) is 0 Å². The summed E-state index contributed by atoms with van der Waals surface area (Å²) in [6.45, 7) is 3.00. The van der Waals surface area contributed by atoms with Crippen LogP contribution in [0.25, 0.3) is 10.8 Å². The van der Waals surface area contributed by atoms with Gasteiger partial charge in [0.1, 0.15) is 11.5 Å². The van der Waals surface area contributed by atoms with Crippen LogP contribution in [-0.2, 0) is 6.42 Å². The maximum atomic E-state index is 6.08. The molecule has 0 aliphatic heterocycles. The SMILES string of the molecule is CCc1c(OCCCCCCCCBr)ccc2cc(OC)ccc12. The lowest BCUT2D eigenvalue weighted by atomic mass is 10.0. The van der Waals surface area contributed by atoms with Gasteiger partial charge in [-0.2, -0.15) is 0 Å². The highest BCUT2D eigenvalue weighted by Crippen LogP contribution is 2.31. The molecule has 0 aromatic heterocycles. The van der Waals surface area contributed by atoms with Crippen molar-refractivity contribution in [3.05, 3.63) is 35.9 Å². The molecule has 2 nitrogen and oxygen atoms in total. The van der Waals surface area contributed by atoms with Crippen molar-refractivity contribution >= 4 is 26.7 Å². The molecule has 2 aromatic rings. The second-order valence-electron chi connectivity index (χ2n) is 6.14. The predicted molar refractivity (Wildman–Crippen MR) is 107 cm³/mol. The minimum atomic E-state index is 0.813. The van der Waals surface area contributed by atoms with E-state index in [0.29, 0.717) is 0 Å². The fourth-order valence-electron chi connectivity index (χ4n) is 3.06. The first kappa shape index (κ1) is 19.1. The van der Waals surface area contributed by atoms with E-state index in [1.165, 1.54) is 48.4 Å². The molecular weight excluding hydrogens is 364 g/mol. The van der Waals surface area contributed by atoms with Crippen LogP contribution in [0.1, 0.15) is 51.0 Å². The normalized spacial score (nSPS) is 11.0. The topological polar surface area (TPSA) is 18.5 Å². The van der Waals surface area contributed by atoms with Crippen molar-refractivity contribution < 1.29 is 9.47 Å². The summed E-state index contributed by atoms with van der Waals surface area (Å²) in [6, 6.07) is 10.5. The van der Waals surface area contributed by atoms with E-state index >= 15 is 0 Å². The minimum absolute atomic E-state index is 0.813. The van der Waals surface area contributed by atoms with E-state index in [1.54, 1.807) is 7.11 Å². The van der Waals surface area contributed by atoms with Crippen molar-refractivity contribution in [1.82, 2.24) is 0 Å². The molecule has 0 amide bonds. The molecule has 0 bridgehead atoms. The number of fused-ring (bicyclic) bond motifs is 1. The molecule has 132 valence electrons. The first-order valence-electron chi connectivity index (χ1n) is 9.08. The van der Waals surface area contributed by atoms with E-state index in [-0.39, 0.29) is 0 Å². The Balaban J connectivity index is 1.89. The molecule has 0 fully saturated rings. The van der Waals surface area contributed by atoms with Gasteiger partial charge in [-0.05, 0) is 48.2 Å². The van der Waals surface area contributed by atoms with Gasteiger partial charge in [0.05, 0.1) is 13.7 Å². The van der Waals surface area contributed by atoms with E-state index < -0.39 is 0 Å². The summed E-state index contributed by atoms with van der Waals surface area (Å²) in [5, 5.41) is 3.61. The molecule has 24 heavy (non-hydrogen) atoms. The van der Waals surface area contributed by atoms with Gasteiger partial charge in [-0.3, -0.25) is 0 Å². The minimum Gasteiger partial charge on any atom is -0.497 e. The molecule has 3 heteroatoms. The van der Waals surface area contributed by atoms with Gasteiger partial charge in [0.2, 0.25) is 0 Å². The Hall–Kier alpha value is -1.22. The van der Waals surface area contributed by atoms with Gasteiger partial charge < -0.3 is 9.47 Å². The van der Waals surface area contributed by atoms with Crippen LogP contribution in [0.15, 0.2) is 30.3 Å². The van der Waals surface area contributed by atoms with Gasteiger partial charge in [-0.15, -0.1) is 0 Å². The molecule has 0 N–H and O–H groups in total. The summed E-state index contributed by atoms with van der Waals surface area (Å²) < 4.78 is 11.4. The highest BCUT2D eigenvalue weighted by Gasteiger charge is 2.08. The highest BCUT2D eigenvalue weighted by molar-refractivity contribution is 9.09. The van der Waals surface area contributed by atoms with Crippen LogP contribution in [0.4, 0.5) is 0 Å². The number of hydrogen-bond donors (Lipinski definition) is 0. The Morgan fingerprint density at radius 2 is 1.67 bits per heavy atom. The molecule has 0 aliphatic rings. The number of benzene rings is 2. The number of rotatable bonds is 11. The van der Waals surface area contributed by atoms with Crippen molar-refractivity contribution in [2.75, 3.05) is 19.0 Å². The maximum absolute atomic E-state index is 6.08. The Bertz CT molecular complexity index is 625. The lowest BCUT2D eigenvalue weighted by Gasteiger charge is -2.14. The van der Waals surface area contributed by atoms with Crippen LogP contribution < -0.4 is 9.47 Å². The summed E-state index contributed by atoms with van der Waals surface area (Å²) in [5.74, 6) is 1.94. The standard InChI is InChI=1S/C21H29BrO2/c1-3-19-20-12-11-18(23-2)16-17(20)10-13-21(19)24-15-9-7-5-4-6-8-14-22/h10-13,16H,3-9,14-15H2,1-2H3. The molecular formula is C21H29BrO2. The largest absolute Gasteiger partial charge is 0.497 e. The smallest absolute Gasteiger partial charge is 0.123 e. The molecule has 0 unspecified atom stereocenters. The molecule has 0 radical (unpaired) electrons. The Labute approximate surface area is 154 Å². The Kier molecular flexibility index (Phi) is 8.44. The number of ether oxygens (including phenoxy) is 2. The summed E-state index contributed by atoms with van der Waals surface area (Å²) in [7, 11) is 1.71. The third-order valence-electron chi connectivity index (χ3n) is 4.43. The number of halogens is 1. The van der Waals surface area contributed by atoms with Crippen LogP contribution in [0, 0.1) is 0 Å². The zero-order chi connectivity index (χ0) is 17.2. The van der Waals surface area contributed by atoms with Crippen molar-refractivity contribution in [3.8, 4) is 11.5 Å². The van der Waals surface area contributed by atoms with Crippen LogP contribution >= 0.6 is 15.9 Å². The highest BCUT2D eigenvalue weighted by atomic mass is 79.9. The number of methoxy groups -OCH3 is 1. The van der Waals surface area contributed by atoms with E-state index in [9.17, 15) is 0 Å². The maximum Gasteiger partial charge on any atom is 0.123 e. The van der Waals surface area contributed by atoms with Crippen LogP contribution in [-0.4, -0.2) is 19.0 Å². The third kappa shape index (κ3) is 5.41. The number of unbranched alkanes of at least 4 members (excludes halogenated alkanes) is 5. The van der Waals surface area contributed by atoms with E-state index in [0.717, 1.165) is 36.3 Å². The average molecular weight is 393 g/mol. The van der Waals surface area contributed by atoms with Gasteiger partial charge in [0.25, 0.3) is 0 Å². The van der Waals surface area contributed by atoms with Crippen molar-refractivity contribution in [2.45, 2.75) is 51.9 Å². The monoisotopic (exact) mass is 392 g/mol. The van der Waals surface area contributed by atoms with Crippen molar-refractivity contribution in [1.29, 1.82) is 0 Å². The van der Waals surface area contributed by atoms with E-state index in [4.69, 9.17) is 9.47 Å². The van der Waals surface area contributed by atoms with Gasteiger partial charge in [0.15, 0.2) is 0 Å². The molecule has 0 heterocycles. The lowest BCUT2D eigenvalue weighted by molar-refractivity contribution is 0.302. The summed E-state index contributed by atoms with van der Waals surface area (Å²) in [4.78, 5) is 0. The molecule has 0 saturated carbocycles. The van der Waals surface area contributed by atoms with Gasteiger partial charge in [-0.25, -0.2) is 0 Å². The quantitative estimate of drug-likeness (QED) is 0.319. The summed E-state index contributed by atoms with van der Waals surface area (Å²) in [6.07, 6.45) is 8.65. The summed E-state index contributed by atoms with van der Waals surface area (Å²) in [5.41, 5.74) is 1.30. The molecule has 2 rings (SSSR count). The number of hydrogen-bond acceptors (Lipinski definition) is 2.